The zero-order valence-electron chi connectivity index (χ0n) is 31.6. The zero-order valence-corrected chi connectivity index (χ0v) is 32.3. The maximum Gasteiger partial charge on any atom is 0.255 e. The van der Waals surface area contributed by atoms with Crippen molar-refractivity contribution in [2.24, 2.45) is 5.92 Å². The first-order valence-corrected chi connectivity index (χ1v) is 20.0. The summed E-state index contributed by atoms with van der Waals surface area (Å²) in [6.45, 7) is 3.71. The van der Waals surface area contributed by atoms with Crippen molar-refractivity contribution in [2.75, 3.05) is 25.0 Å². The lowest BCUT2D eigenvalue weighted by Crippen LogP contribution is -2.52. The second kappa shape index (κ2) is 15.7. The smallest absolute Gasteiger partial charge is 0.255 e. The maximum atomic E-state index is 13.7. The Kier molecular flexibility index (Phi) is 10.6. The number of benzene rings is 3. The molecule has 3 aromatic carbocycles. The highest BCUT2D eigenvalue weighted by Crippen LogP contribution is 2.35. The Bertz CT molecular complexity index is 2120. The molecule has 56 heavy (non-hydrogen) atoms. The van der Waals surface area contributed by atoms with E-state index in [9.17, 15) is 29.2 Å². The summed E-state index contributed by atoms with van der Waals surface area (Å²) in [5.74, 6) is -0.862. The summed E-state index contributed by atoms with van der Waals surface area (Å²) >= 11 is 6.26. The lowest BCUT2D eigenvalue weighted by Gasteiger charge is -2.36. The number of nitrogens with zero attached hydrogens (tertiary/aromatic N) is 5. The minimum Gasteiger partial charge on any atom is -0.372 e. The number of anilines is 1. The van der Waals surface area contributed by atoms with E-state index in [0.29, 0.717) is 53.8 Å². The molecular weight excluding hydrogens is 730 g/mol. The van der Waals surface area contributed by atoms with Crippen LogP contribution < -0.4 is 15.5 Å². The van der Waals surface area contributed by atoms with Gasteiger partial charge in [-0.15, -0.1) is 0 Å². The van der Waals surface area contributed by atoms with Crippen molar-refractivity contribution < 1.29 is 24.0 Å². The van der Waals surface area contributed by atoms with E-state index in [4.69, 9.17) is 11.6 Å². The van der Waals surface area contributed by atoms with E-state index in [2.05, 4.69) is 33.6 Å². The highest BCUT2D eigenvalue weighted by molar-refractivity contribution is 6.32. The van der Waals surface area contributed by atoms with Crippen LogP contribution in [0.25, 0.3) is 0 Å². The molecule has 1 saturated carbocycles. The van der Waals surface area contributed by atoms with Gasteiger partial charge in [-0.3, -0.25) is 34.2 Å². The number of rotatable bonds is 8. The standard InChI is InChI=1S/C43H46ClN7O5/c1-48(35-9-6-29(21-45)37(44)20-35)34-10-7-33(8-11-34)46-40(53)27-4-2-26(3-5-27)22-49-16-14-28(15-17-49)42(55)50-23-30-18-32-25-51(38-12-13-39(52)47-41(38)54)43(56)36(32)19-31(30)24-50/h2-6,9,18-20,28,33-34,38H,7-8,10-17,22-25H2,1H3,(H,46,53)(H,47,52,54)/t33-,34-,38-/m1/s1. The van der Waals surface area contributed by atoms with E-state index in [0.717, 1.165) is 86.1 Å². The molecule has 5 amide bonds. The minimum absolute atomic E-state index is 0.0481. The lowest BCUT2D eigenvalue weighted by atomic mass is 9.90. The summed E-state index contributed by atoms with van der Waals surface area (Å²) in [5, 5.41) is 15.2. The van der Waals surface area contributed by atoms with Gasteiger partial charge in [0, 0.05) is 74.5 Å². The van der Waals surface area contributed by atoms with E-state index in [1.165, 1.54) is 0 Å². The first kappa shape index (κ1) is 37.7. The summed E-state index contributed by atoms with van der Waals surface area (Å²) in [6, 6.07) is 19.2. The summed E-state index contributed by atoms with van der Waals surface area (Å²) in [5.41, 5.74) is 6.72. The maximum absolute atomic E-state index is 13.7. The highest BCUT2D eigenvalue weighted by atomic mass is 35.5. The molecule has 4 heterocycles. The fourth-order valence-corrected chi connectivity index (χ4v) is 9.36. The molecule has 290 valence electrons. The molecule has 0 radical (unpaired) electrons. The summed E-state index contributed by atoms with van der Waals surface area (Å²) in [4.78, 5) is 72.2. The molecule has 1 atom stereocenters. The van der Waals surface area contributed by atoms with Crippen LogP contribution >= 0.6 is 11.6 Å². The molecule has 5 aliphatic rings. The first-order valence-electron chi connectivity index (χ1n) is 19.7. The van der Waals surface area contributed by atoms with Crippen molar-refractivity contribution in [1.82, 2.24) is 25.3 Å². The van der Waals surface area contributed by atoms with Crippen molar-refractivity contribution in [2.45, 2.75) is 95.7 Å². The summed E-state index contributed by atoms with van der Waals surface area (Å²) in [7, 11) is 2.05. The molecule has 3 fully saturated rings. The molecule has 2 N–H and O–H groups in total. The lowest BCUT2D eigenvalue weighted by molar-refractivity contribution is -0.138. The molecular formula is C43H46ClN7O5. The Morgan fingerprint density at radius 3 is 2.29 bits per heavy atom. The van der Waals surface area contributed by atoms with Crippen molar-refractivity contribution in [1.29, 1.82) is 5.26 Å². The Balaban J connectivity index is 0.770. The number of nitrogens with one attached hydrogen (secondary N) is 2. The van der Waals surface area contributed by atoms with Gasteiger partial charge in [-0.1, -0.05) is 29.8 Å². The third-order valence-corrected chi connectivity index (χ3v) is 12.8. The number of fused-ring (bicyclic) bond motifs is 2. The molecule has 0 unspecified atom stereocenters. The number of amides is 5. The van der Waals surface area contributed by atoms with E-state index >= 15 is 0 Å². The van der Waals surface area contributed by atoms with E-state index in [-0.39, 0.29) is 42.0 Å². The van der Waals surface area contributed by atoms with Gasteiger partial charge in [-0.25, -0.2) is 0 Å². The van der Waals surface area contributed by atoms with Gasteiger partial charge in [-0.2, -0.15) is 5.26 Å². The Labute approximate surface area is 331 Å². The molecule has 4 aliphatic heterocycles. The van der Waals surface area contributed by atoms with Gasteiger partial charge in [0.1, 0.15) is 12.1 Å². The van der Waals surface area contributed by atoms with Crippen LogP contribution in [0.1, 0.15) is 99.9 Å². The van der Waals surface area contributed by atoms with Gasteiger partial charge >= 0.3 is 0 Å². The monoisotopic (exact) mass is 775 g/mol. The molecule has 0 aromatic heterocycles. The highest BCUT2D eigenvalue weighted by Gasteiger charge is 2.41. The molecule has 3 aromatic rings. The average Bonchev–Trinajstić information content (AvgIpc) is 3.77. The zero-order chi connectivity index (χ0) is 39.1. The summed E-state index contributed by atoms with van der Waals surface area (Å²) in [6.07, 6.45) is 5.79. The van der Waals surface area contributed by atoms with Gasteiger partial charge in [0.2, 0.25) is 17.7 Å². The molecule has 0 bridgehead atoms. The van der Waals surface area contributed by atoms with E-state index < -0.39 is 11.9 Å². The number of hydrogen-bond donors (Lipinski definition) is 2. The number of imide groups is 1. The largest absolute Gasteiger partial charge is 0.372 e. The minimum atomic E-state index is -0.642. The van der Waals surface area contributed by atoms with Crippen LogP contribution in [0, 0.1) is 17.2 Å². The quantitative estimate of drug-likeness (QED) is 0.308. The Morgan fingerprint density at radius 1 is 0.893 bits per heavy atom. The normalized spacial score (nSPS) is 22.7. The molecule has 1 aliphatic carbocycles. The molecule has 2 saturated heterocycles. The second-order valence-electron chi connectivity index (χ2n) is 16.0. The van der Waals surface area contributed by atoms with Gasteiger partial charge in [0.15, 0.2) is 0 Å². The molecule has 0 spiro atoms. The van der Waals surface area contributed by atoms with Crippen LogP contribution in [-0.2, 0) is 40.6 Å². The number of likely N-dealkylation sites (tertiary alicyclic amines) is 1. The Morgan fingerprint density at radius 2 is 1.61 bits per heavy atom. The molecule has 12 nitrogen and oxygen atoms in total. The van der Waals surface area contributed by atoms with E-state index in [1.807, 2.05) is 53.4 Å². The SMILES string of the molecule is CN(c1ccc(C#N)c(Cl)c1)[C@H]1CC[C@H](NC(=O)c2ccc(CN3CCC(C(=O)N4Cc5cc6c(cc5C4)C(=O)N([C@@H]4CCC(=O)NC4=O)C6)CC3)cc2)CC1. The second-order valence-corrected chi connectivity index (χ2v) is 16.4. The third kappa shape index (κ3) is 7.62. The predicted molar refractivity (Wildman–Crippen MR) is 209 cm³/mol. The third-order valence-electron chi connectivity index (χ3n) is 12.5. The predicted octanol–water partition coefficient (Wildman–Crippen LogP) is 4.90. The fourth-order valence-electron chi connectivity index (χ4n) is 9.15. The van der Waals surface area contributed by atoms with Crippen LogP contribution in [0.5, 0.6) is 0 Å². The first-order chi connectivity index (χ1) is 27.0. The fraction of sp³-hybridized carbons (Fsp3) is 0.442. The molecule has 8 rings (SSSR count). The average molecular weight is 776 g/mol. The number of hydrogen-bond acceptors (Lipinski definition) is 8. The molecule has 13 heteroatoms. The number of piperidine rings is 2. The van der Waals surface area contributed by atoms with Crippen LogP contribution in [0.15, 0.2) is 54.6 Å². The van der Waals surface area contributed by atoms with Crippen LogP contribution in [0.3, 0.4) is 0 Å². The van der Waals surface area contributed by atoms with Gasteiger partial charge in [-0.05, 0) is 117 Å². The number of carbonyl (C=O) groups excluding carboxylic acids is 5. The van der Waals surface area contributed by atoms with Crippen LogP contribution in [-0.4, -0.2) is 82.5 Å². The van der Waals surface area contributed by atoms with Gasteiger partial charge < -0.3 is 20.0 Å². The Hall–Kier alpha value is -5.25. The number of nitriles is 1. The number of halogens is 1. The van der Waals surface area contributed by atoms with Crippen molar-refractivity contribution in [3.05, 3.63) is 98.6 Å². The number of carbonyl (C=O) groups is 5. The van der Waals surface area contributed by atoms with E-state index in [1.54, 1.807) is 11.0 Å². The van der Waals surface area contributed by atoms with Gasteiger partial charge in [0.05, 0.1) is 10.6 Å². The van der Waals surface area contributed by atoms with Crippen LogP contribution in [0.2, 0.25) is 5.02 Å². The summed E-state index contributed by atoms with van der Waals surface area (Å²) < 4.78 is 0. The van der Waals surface area contributed by atoms with Crippen LogP contribution in [0.4, 0.5) is 5.69 Å². The van der Waals surface area contributed by atoms with Gasteiger partial charge in [0.25, 0.3) is 11.8 Å². The topological polar surface area (TPSA) is 146 Å². The van der Waals surface area contributed by atoms with Crippen molar-refractivity contribution >= 4 is 46.8 Å². The van der Waals surface area contributed by atoms with Crippen molar-refractivity contribution in [3.63, 3.8) is 0 Å². The van der Waals surface area contributed by atoms with Crippen molar-refractivity contribution in [3.8, 4) is 6.07 Å².